The van der Waals surface area contributed by atoms with E-state index in [1.165, 1.54) is 12.2 Å². The topological polar surface area (TPSA) is 66.4 Å². The molecular weight excluding hydrogens is 170 g/mol. The Morgan fingerprint density at radius 3 is 2.62 bits per heavy atom. The molecule has 4 heteroatoms. The molecule has 4 nitrogen and oxygen atoms in total. The molecule has 0 radical (unpaired) electrons. The van der Waals surface area contributed by atoms with Crippen molar-refractivity contribution in [3.63, 3.8) is 0 Å². The van der Waals surface area contributed by atoms with Crippen molar-refractivity contribution >= 4 is 11.6 Å². The van der Waals surface area contributed by atoms with Gasteiger partial charge in [-0.15, -0.1) is 0 Å². The lowest BCUT2D eigenvalue weighted by Crippen LogP contribution is -2.25. The maximum Gasteiger partial charge on any atom is 0.227 e. The third-order valence-corrected chi connectivity index (χ3v) is 2.29. The number of aliphatic hydroxyl groups excluding tert-OH is 1. The number of fused-ring (bicyclic) bond motifs is 1. The van der Waals surface area contributed by atoms with Gasteiger partial charge in [0.05, 0.1) is 6.04 Å². The van der Waals surface area contributed by atoms with Gasteiger partial charge in [-0.05, 0) is 13.0 Å². The fourth-order valence-electron chi connectivity index (χ4n) is 1.54. The summed E-state index contributed by atoms with van der Waals surface area (Å²) in [5, 5.41) is 12.5. The van der Waals surface area contributed by atoms with E-state index in [9.17, 15) is 14.7 Å². The molecule has 1 fully saturated rings. The average Bonchev–Trinajstić information content (AvgIpc) is 2.32. The number of carbonyl (C=O) groups excluding carboxylic acids is 2. The Labute approximate surface area is 74.9 Å². The first-order chi connectivity index (χ1) is 6.09. The fourth-order valence-corrected chi connectivity index (χ4v) is 1.54. The summed E-state index contributed by atoms with van der Waals surface area (Å²) in [6.45, 7) is 1.79. The Morgan fingerprint density at radius 2 is 1.92 bits per heavy atom. The second-order valence-corrected chi connectivity index (χ2v) is 3.26. The molecule has 68 valence electrons. The van der Waals surface area contributed by atoms with E-state index in [0.717, 1.165) is 0 Å². The highest BCUT2D eigenvalue weighted by Gasteiger charge is 2.34. The maximum absolute atomic E-state index is 11.0. The van der Waals surface area contributed by atoms with Crippen molar-refractivity contribution in [1.29, 1.82) is 0 Å². The van der Waals surface area contributed by atoms with Crippen molar-refractivity contribution in [3.8, 4) is 0 Å². The molecule has 0 aromatic carbocycles. The molecule has 13 heavy (non-hydrogen) atoms. The summed E-state index contributed by atoms with van der Waals surface area (Å²) in [5.41, 5.74) is 1.10. The molecular formula is C9H9NO3. The van der Waals surface area contributed by atoms with Crippen LogP contribution in [0.3, 0.4) is 0 Å². The number of rotatable bonds is 0. The zero-order valence-electron chi connectivity index (χ0n) is 7.07. The van der Waals surface area contributed by atoms with Crippen LogP contribution in [0.5, 0.6) is 0 Å². The van der Waals surface area contributed by atoms with E-state index >= 15 is 0 Å². The van der Waals surface area contributed by atoms with Gasteiger partial charge in [0.15, 0.2) is 0 Å². The highest BCUT2D eigenvalue weighted by Crippen LogP contribution is 2.25. The van der Waals surface area contributed by atoms with Crippen molar-refractivity contribution in [3.05, 3.63) is 23.4 Å². The van der Waals surface area contributed by atoms with Crippen LogP contribution in [0.1, 0.15) is 6.92 Å². The van der Waals surface area contributed by atoms with Gasteiger partial charge in [0.1, 0.15) is 6.10 Å². The van der Waals surface area contributed by atoms with Gasteiger partial charge in [0, 0.05) is 17.3 Å². The summed E-state index contributed by atoms with van der Waals surface area (Å²) in [5.74, 6) is -1.10. The van der Waals surface area contributed by atoms with Gasteiger partial charge < -0.3 is 10.4 Å². The van der Waals surface area contributed by atoms with Crippen LogP contribution in [0.15, 0.2) is 23.4 Å². The van der Waals surface area contributed by atoms with Crippen LogP contribution >= 0.6 is 0 Å². The van der Waals surface area contributed by atoms with Gasteiger partial charge in [0.2, 0.25) is 11.6 Å². The van der Waals surface area contributed by atoms with Crippen LogP contribution in [0, 0.1) is 0 Å². The normalized spacial score (nSPS) is 32.2. The first-order valence-corrected chi connectivity index (χ1v) is 4.06. The minimum Gasteiger partial charge on any atom is -0.386 e. The molecule has 0 aromatic heterocycles. The number of ketones is 2. The standard InChI is InChI=1S/C9H9NO3/c1-4-9(13)5-2-7(11)8(12)3-6(5)10-4/h2-4,9-10,13H,1H3/t4-,9?/m0/s1. The third-order valence-electron chi connectivity index (χ3n) is 2.29. The maximum atomic E-state index is 11.0. The van der Waals surface area contributed by atoms with Gasteiger partial charge in [-0.1, -0.05) is 0 Å². The molecule has 1 heterocycles. The van der Waals surface area contributed by atoms with Crippen LogP contribution < -0.4 is 5.32 Å². The summed E-state index contributed by atoms with van der Waals surface area (Å²) < 4.78 is 0. The van der Waals surface area contributed by atoms with E-state index in [2.05, 4.69) is 5.32 Å². The molecule has 0 saturated carbocycles. The van der Waals surface area contributed by atoms with Gasteiger partial charge in [0.25, 0.3) is 0 Å². The Balaban J connectivity index is 2.44. The summed E-state index contributed by atoms with van der Waals surface area (Å²) in [6, 6.07) is -0.142. The highest BCUT2D eigenvalue weighted by molar-refractivity contribution is 6.46. The van der Waals surface area contributed by atoms with Crippen molar-refractivity contribution in [2.45, 2.75) is 19.1 Å². The molecule has 1 unspecified atom stereocenters. The number of aliphatic hydroxyl groups is 1. The zero-order valence-corrected chi connectivity index (χ0v) is 7.07. The summed E-state index contributed by atoms with van der Waals surface area (Å²) in [7, 11) is 0. The SMILES string of the molecule is C[C@@H]1NC2=CC(=O)C(=O)C=C2C1O. The van der Waals surface area contributed by atoms with E-state index in [4.69, 9.17) is 0 Å². The van der Waals surface area contributed by atoms with E-state index < -0.39 is 17.7 Å². The van der Waals surface area contributed by atoms with Crippen molar-refractivity contribution in [2.24, 2.45) is 0 Å². The van der Waals surface area contributed by atoms with E-state index in [0.29, 0.717) is 11.3 Å². The molecule has 1 aliphatic heterocycles. The molecule has 2 rings (SSSR count). The molecule has 2 atom stereocenters. The van der Waals surface area contributed by atoms with E-state index in [1.807, 2.05) is 0 Å². The van der Waals surface area contributed by atoms with Gasteiger partial charge in [-0.3, -0.25) is 9.59 Å². The summed E-state index contributed by atoms with van der Waals surface area (Å²) >= 11 is 0. The van der Waals surface area contributed by atoms with Gasteiger partial charge in [-0.25, -0.2) is 0 Å². The number of allylic oxidation sites excluding steroid dienone is 2. The average molecular weight is 179 g/mol. The highest BCUT2D eigenvalue weighted by atomic mass is 16.3. The predicted molar refractivity (Wildman–Crippen MR) is 44.8 cm³/mol. The second-order valence-electron chi connectivity index (χ2n) is 3.26. The lowest BCUT2D eigenvalue weighted by atomic mass is 9.99. The smallest absolute Gasteiger partial charge is 0.227 e. The molecule has 0 amide bonds. The van der Waals surface area contributed by atoms with E-state index in [-0.39, 0.29) is 6.04 Å². The lowest BCUT2D eigenvalue weighted by molar-refractivity contribution is -0.131. The molecule has 0 spiro atoms. The zero-order chi connectivity index (χ0) is 9.59. The minimum absolute atomic E-state index is 0.142. The Kier molecular flexibility index (Phi) is 1.60. The van der Waals surface area contributed by atoms with Crippen molar-refractivity contribution < 1.29 is 14.7 Å². The second kappa shape index (κ2) is 2.53. The van der Waals surface area contributed by atoms with Gasteiger partial charge >= 0.3 is 0 Å². The molecule has 0 bridgehead atoms. The van der Waals surface area contributed by atoms with Crippen LogP contribution in [-0.2, 0) is 9.59 Å². The van der Waals surface area contributed by atoms with Crippen molar-refractivity contribution in [1.82, 2.24) is 5.32 Å². The van der Waals surface area contributed by atoms with Gasteiger partial charge in [-0.2, -0.15) is 0 Å². The molecule has 0 aromatic rings. The summed E-state index contributed by atoms with van der Waals surface area (Å²) in [6.07, 6.45) is 1.76. The number of hydrogen-bond donors (Lipinski definition) is 2. The van der Waals surface area contributed by atoms with Crippen molar-refractivity contribution in [2.75, 3.05) is 0 Å². The first-order valence-electron chi connectivity index (χ1n) is 4.06. The number of hydrogen-bond acceptors (Lipinski definition) is 4. The van der Waals surface area contributed by atoms with Crippen LogP contribution in [0.25, 0.3) is 0 Å². The molecule has 2 aliphatic rings. The predicted octanol–water partition coefficient (Wildman–Crippen LogP) is -0.699. The fraction of sp³-hybridized carbons (Fsp3) is 0.333. The van der Waals surface area contributed by atoms with E-state index in [1.54, 1.807) is 6.92 Å². The number of carbonyl (C=O) groups is 2. The van der Waals surface area contributed by atoms with Crippen LogP contribution in [0.2, 0.25) is 0 Å². The van der Waals surface area contributed by atoms with Crippen LogP contribution in [-0.4, -0.2) is 28.8 Å². The Hall–Kier alpha value is -1.42. The monoisotopic (exact) mass is 179 g/mol. The number of nitrogens with one attached hydrogen (secondary N) is 1. The molecule has 1 saturated heterocycles. The first kappa shape index (κ1) is 8.19. The Morgan fingerprint density at radius 1 is 1.31 bits per heavy atom. The Bertz CT molecular complexity index is 354. The quantitative estimate of drug-likeness (QED) is 0.381. The summed E-state index contributed by atoms with van der Waals surface area (Å²) in [4.78, 5) is 21.9. The lowest BCUT2D eigenvalue weighted by Gasteiger charge is -2.07. The third kappa shape index (κ3) is 1.10. The largest absolute Gasteiger partial charge is 0.386 e. The molecule has 1 aliphatic carbocycles. The minimum atomic E-state index is -0.691. The van der Waals surface area contributed by atoms with Crippen LogP contribution in [0.4, 0.5) is 0 Å². The molecule has 2 N–H and O–H groups in total.